The smallest absolute Gasteiger partial charge is 0.256 e. The van der Waals surface area contributed by atoms with Crippen molar-refractivity contribution in [3.8, 4) is 0 Å². The van der Waals surface area contributed by atoms with Crippen molar-refractivity contribution in [2.75, 3.05) is 0 Å². The Morgan fingerprint density at radius 2 is 1.31 bits per heavy atom. The minimum Gasteiger partial charge on any atom is -0.272 e. The maximum absolute atomic E-state index is 10.5. The number of carbonyl (C=O) groups excluding carboxylic acids is 4. The van der Waals surface area contributed by atoms with Gasteiger partial charge in [-0.25, -0.2) is 9.59 Å². The van der Waals surface area contributed by atoms with E-state index in [1.807, 2.05) is 0 Å². The van der Waals surface area contributed by atoms with Crippen LogP contribution < -0.4 is 0 Å². The van der Waals surface area contributed by atoms with E-state index in [2.05, 4.69) is 9.98 Å². The third-order valence-corrected chi connectivity index (χ3v) is 1.12. The zero-order valence-electron chi connectivity index (χ0n) is 6.65. The van der Waals surface area contributed by atoms with E-state index in [0.29, 0.717) is 0 Å². The molecule has 13 heavy (non-hydrogen) atoms. The monoisotopic (exact) mass is 182 g/mol. The summed E-state index contributed by atoms with van der Waals surface area (Å²) >= 11 is 0. The van der Waals surface area contributed by atoms with Crippen molar-refractivity contribution < 1.29 is 19.2 Å². The Balaban J connectivity index is 3.68. The van der Waals surface area contributed by atoms with Crippen LogP contribution >= 0.6 is 0 Å². The van der Waals surface area contributed by atoms with Crippen LogP contribution in [0.1, 0.15) is 19.3 Å². The van der Waals surface area contributed by atoms with Gasteiger partial charge in [0, 0.05) is 12.8 Å². The molecule has 0 saturated carbocycles. The molecule has 0 aromatic carbocycles. The van der Waals surface area contributed by atoms with E-state index >= 15 is 0 Å². The number of hydrogen-bond donors (Lipinski definition) is 0. The zero-order valence-corrected chi connectivity index (χ0v) is 6.65. The molecule has 0 radical (unpaired) electrons. The summed E-state index contributed by atoms with van der Waals surface area (Å²) in [5, 5.41) is 0. The van der Waals surface area contributed by atoms with Gasteiger partial charge >= 0.3 is 0 Å². The van der Waals surface area contributed by atoms with Crippen LogP contribution in [0.4, 0.5) is 0 Å². The predicted molar refractivity (Wildman–Crippen MR) is 40.1 cm³/mol. The average Bonchev–Trinajstić information content (AvgIpc) is 2.05. The molecule has 0 spiro atoms. The van der Waals surface area contributed by atoms with Crippen molar-refractivity contribution in [2.24, 2.45) is 9.98 Å². The van der Waals surface area contributed by atoms with Crippen LogP contribution in [-0.2, 0) is 19.2 Å². The number of hydrogen-bond acceptors (Lipinski definition) is 4. The van der Waals surface area contributed by atoms with Gasteiger partial charge in [0.2, 0.25) is 12.2 Å². The SMILES string of the molecule is O=C=NC(=O)CCCC(=O)N=C=O. The molecule has 6 nitrogen and oxygen atoms in total. The third kappa shape index (κ3) is 6.50. The standard InChI is InChI=1S/C7H6N2O4/c10-4-8-6(12)2-1-3-7(13)9-5-11/h1-3H2. The molecule has 0 fully saturated rings. The number of isocyanates is 2. The summed E-state index contributed by atoms with van der Waals surface area (Å²) in [5.74, 6) is -1.28. The number of aliphatic imine (C=N–C) groups is 2. The first-order chi connectivity index (χ1) is 6.20. The summed E-state index contributed by atoms with van der Waals surface area (Å²) in [6.45, 7) is 0. The molecule has 2 amide bonds. The molecule has 0 aliphatic heterocycles. The highest BCUT2D eigenvalue weighted by molar-refractivity contribution is 5.83. The lowest BCUT2D eigenvalue weighted by molar-refractivity contribution is -0.119. The van der Waals surface area contributed by atoms with E-state index in [1.54, 1.807) is 0 Å². The topological polar surface area (TPSA) is 93.0 Å². The molecule has 0 bridgehead atoms. The van der Waals surface area contributed by atoms with E-state index in [0.717, 1.165) is 12.2 Å². The van der Waals surface area contributed by atoms with E-state index in [9.17, 15) is 19.2 Å². The van der Waals surface area contributed by atoms with Gasteiger partial charge in [-0.05, 0) is 6.42 Å². The lowest BCUT2D eigenvalue weighted by atomic mass is 10.2. The molecule has 0 aromatic rings. The van der Waals surface area contributed by atoms with E-state index in [4.69, 9.17) is 0 Å². The molecular formula is C7H6N2O4. The molecule has 0 N–H and O–H groups in total. The first-order valence-electron chi connectivity index (χ1n) is 3.42. The van der Waals surface area contributed by atoms with E-state index in [1.165, 1.54) is 0 Å². The molecule has 0 atom stereocenters. The summed E-state index contributed by atoms with van der Waals surface area (Å²) in [7, 11) is 0. The number of carbonyl (C=O) groups is 2. The lowest BCUT2D eigenvalue weighted by Gasteiger charge is -1.89. The van der Waals surface area contributed by atoms with Crippen molar-refractivity contribution in [2.45, 2.75) is 19.3 Å². The van der Waals surface area contributed by atoms with Crippen molar-refractivity contribution >= 4 is 24.0 Å². The highest BCUT2D eigenvalue weighted by Gasteiger charge is 2.02. The summed E-state index contributed by atoms with van der Waals surface area (Å²) < 4.78 is 0. The maximum Gasteiger partial charge on any atom is 0.256 e. The van der Waals surface area contributed by atoms with Crippen LogP contribution in [0.15, 0.2) is 9.98 Å². The Labute approximate surface area is 73.4 Å². The molecule has 68 valence electrons. The average molecular weight is 182 g/mol. The van der Waals surface area contributed by atoms with Crippen LogP contribution in [0.3, 0.4) is 0 Å². The van der Waals surface area contributed by atoms with Crippen LogP contribution in [0.25, 0.3) is 0 Å². The Bertz CT molecular complexity index is 268. The Morgan fingerprint density at radius 1 is 0.923 bits per heavy atom. The second-order valence-electron chi connectivity index (χ2n) is 2.05. The summed E-state index contributed by atoms with van der Waals surface area (Å²) in [5.41, 5.74) is 0. The first kappa shape index (κ1) is 11.1. The van der Waals surface area contributed by atoms with Gasteiger partial charge in [0.15, 0.2) is 0 Å². The van der Waals surface area contributed by atoms with E-state index < -0.39 is 11.8 Å². The summed E-state index contributed by atoms with van der Waals surface area (Å²) in [6, 6.07) is 0. The second-order valence-corrected chi connectivity index (χ2v) is 2.05. The van der Waals surface area contributed by atoms with Crippen LogP contribution in [0.2, 0.25) is 0 Å². The zero-order chi connectivity index (χ0) is 10.1. The Kier molecular flexibility index (Phi) is 5.80. The van der Waals surface area contributed by atoms with Crippen LogP contribution in [0.5, 0.6) is 0 Å². The van der Waals surface area contributed by atoms with Gasteiger partial charge in [-0.3, -0.25) is 9.59 Å². The van der Waals surface area contributed by atoms with Gasteiger partial charge < -0.3 is 0 Å². The maximum atomic E-state index is 10.5. The van der Waals surface area contributed by atoms with E-state index in [-0.39, 0.29) is 19.3 Å². The van der Waals surface area contributed by atoms with Crippen molar-refractivity contribution in [1.82, 2.24) is 0 Å². The Hall–Kier alpha value is -1.90. The largest absolute Gasteiger partial charge is 0.272 e. The van der Waals surface area contributed by atoms with Crippen molar-refractivity contribution in [3.05, 3.63) is 0 Å². The van der Waals surface area contributed by atoms with Gasteiger partial charge in [-0.2, -0.15) is 0 Å². The predicted octanol–water partition coefficient (Wildman–Crippen LogP) is -0.119. The normalized spacial score (nSPS) is 8.00. The molecule has 0 aliphatic rings. The summed E-state index contributed by atoms with van der Waals surface area (Å²) in [4.78, 5) is 45.8. The number of rotatable bonds is 4. The van der Waals surface area contributed by atoms with Crippen molar-refractivity contribution in [3.63, 3.8) is 0 Å². The fraction of sp³-hybridized carbons (Fsp3) is 0.429. The summed E-state index contributed by atoms with van der Waals surface area (Å²) in [6.07, 6.45) is 2.31. The first-order valence-corrected chi connectivity index (χ1v) is 3.42. The van der Waals surface area contributed by atoms with Crippen LogP contribution in [0, 0.1) is 0 Å². The van der Waals surface area contributed by atoms with Crippen molar-refractivity contribution in [1.29, 1.82) is 0 Å². The second kappa shape index (κ2) is 6.79. The van der Waals surface area contributed by atoms with Gasteiger partial charge in [-0.1, -0.05) is 0 Å². The molecule has 0 aromatic heterocycles. The lowest BCUT2D eigenvalue weighted by Crippen LogP contribution is -1.97. The van der Waals surface area contributed by atoms with Gasteiger partial charge in [0.1, 0.15) is 0 Å². The molecule has 0 saturated heterocycles. The van der Waals surface area contributed by atoms with Gasteiger partial charge in [0.25, 0.3) is 11.8 Å². The fourth-order valence-corrected chi connectivity index (χ4v) is 0.604. The Morgan fingerprint density at radius 3 is 1.62 bits per heavy atom. The number of nitrogens with zero attached hydrogens (tertiary/aromatic N) is 2. The van der Waals surface area contributed by atoms with Crippen LogP contribution in [-0.4, -0.2) is 24.0 Å². The number of amides is 2. The fourth-order valence-electron chi connectivity index (χ4n) is 0.604. The molecule has 0 rings (SSSR count). The molecule has 6 heteroatoms. The highest BCUT2D eigenvalue weighted by Crippen LogP contribution is 1.98. The molecule has 0 aliphatic carbocycles. The van der Waals surface area contributed by atoms with Gasteiger partial charge in [0.05, 0.1) is 0 Å². The van der Waals surface area contributed by atoms with Gasteiger partial charge in [-0.15, -0.1) is 9.98 Å². The minimum atomic E-state index is -0.641. The molecular weight excluding hydrogens is 176 g/mol. The molecule has 0 heterocycles. The quantitative estimate of drug-likeness (QED) is 0.447. The molecule has 0 unspecified atom stereocenters. The minimum absolute atomic E-state index is 0.0324. The highest BCUT2D eigenvalue weighted by atomic mass is 16.2. The third-order valence-electron chi connectivity index (χ3n) is 1.12.